The van der Waals surface area contributed by atoms with Gasteiger partial charge in [0.05, 0.1) is 30.0 Å². The van der Waals surface area contributed by atoms with Gasteiger partial charge in [0.25, 0.3) is 0 Å². The SMILES string of the molecule is COc1cc(-c2nc3ccccc3s2)cc(OC)c1-c1ccccc1. The molecule has 0 fully saturated rings. The van der Waals surface area contributed by atoms with Gasteiger partial charge in [-0.2, -0.15) is 0 Å². The number of fused-ring (bicyclic) bond motifs is 1. The van der Waals surface area contributed by atoms with Crippen molar-refractivity contribution in [3.05, 3.63) is 66.7 Å². The van der Waals surface area contributed by atoms with Crippen molar-refractivity contribution in [3.63, 3.8) is 0 Å². The van der Waals surface area contributed by atoms with Crippen LogP contribution < -0.4 is 9.47 Å². The maximum Gasteiger partial charge on any atom is 0.131 e. The molecule has 0 bridgehead atoms. The lowest BCUT2D eigenvalue weighted by Crippen LogP contribution is -1.94. The topological polar surface area (TPSA) is 31.4 Å². The zero-order chi connectivity index (χ0) is 17.2. The number of benzene rings is 3. The third kappa shape index (κ3) is 2.85. The fourth-order valence-electron chi connectivity index (χ4n) is 2.92. The Morgan fingerprint density at radius 2 is 1.40 bits per heavy atom. The van der Waals surface area contributed by atoms with E-state index in [4.69, 9.17) is 14.5 Å². The van der Waals surface area contributed by atoms with E-state index in [9.17, 15) is 0 Å². The van der Waals surface area contributed by atoms with Gasteiger partial charge in [-0.1, -0.05) is 42.5 Å². The van der Waals surface area contributed by atoms with Crippen molar-refractivity contribution in [2.45, 2.75) is 0 Å². The van der Waals surface area contributed by atoms with Crippen LogP contribution >= 0.6 is 11.3 Å². The number of hydrogen-bond donors (Lipinski definition) is 0. The Labute approximate surface area is 150 Å². The lowest BCUT2D eigenvalue weighted by Gasteiger charge is -2.15. The molecular weight excluding hydrogens is 330 g/mol. The number of rotatable bonds is 4. The van der Waals surface area contributed by atoms with Gasteiger partial charge in [0.1, 0.15) is 16.5 Å². The molecule has 0 spiro atoms. The zero-order valence-electron chi connectivity index (χ0n) is 14.0. The summed E-state index contributed by atoms with van der Waals surface area (Å²) >= 11 is 1.67. The fraction of sp³-hybridized carbons (Fsp3) is 0.0952. The van der Waals surface area contributed by atoms with Crippen molar-refractivity contribution in [3.8, 4) is 33.2 Å². The van der Waals surface area contributed by atoms with Crippen LogP contribution in [-0.2, 0) is 0 Å². The molecule has 3 aromatic carbocycles. The molecule has 124 valence electrons. The molecular formula is C21H17NO2S. The predicted octanol–water partition coefficient (Wildman–Crippen LogP) is 5.65. The number of aromatic nitrogens is 1. The van der Waals surface area contributed by atoms with Gasteiger partial charge in [0.2, 0.25) is 0 Å². The minimum absolute atomic E-state index is 0.778. The van der Waals surface area contributed by atoms with Crippen LogP contribution in [0.2, 0.25) is 0 Å². The van der Waals surface area contributed by atoms with E-state index in [1.165, 1.54) is 4.70 Å². The van der Waals surface area contributed by atoms with Crippen molar-refractivity contribution < 1.29 is 9.47 Å². The zero-order valence-corrected chi connectivity index (χ0v) is 14.8. The Balaban J connectivity index is 1.90. The van der Waals surface area contributed by atoms with Gasteiger partial charge >= 0.3 is 0 Å². The fourth-order valence-corrected chi connectivity index (χ4v) is 3.87. The summed E-state index contributed by atoms with van der Waals surface area (Å²) in [7, 11) is 3.37. The number of hydrogen-bond acceptors (Lipinski definition) is 4. The van der Waals surface area contributed by atoms with Gasteiger partial charge in [0.15, 0.2) is 0 Å². The summed E-state index contributed by atoms with van der Waals surface area (Å²) < 4.78 is 12.5. The van der Waals surface area contributed by atoms with Crippen LogP contribution in [0.4, 0.5) is 0 Å². The van der Waals surface area contributed by atoms with Crippen molar-refractivity contribution >= 4 is 21.6 Å². The van der Waals surface area contributed by atoms with Crippen LogP contribution in [0.25, 0.3) is 31.9 Å². The molecule has 0 aliphatic heterocycles. The van der Waals surface area contributed by atoms with E-state index in [-0.39, 0.29) is 0 Å². The third-order valence-corrected chi connectivity index (χ3v) is 5.19. The highest BCUT2D eigenvalue weighted by Gasteiger charge is 2.17. The average Bonchev–Trinajstić information content (AvgIpc) is 3.11. The predicted molar refractivity (Wildman–Crippen MR) is 104 cm³/mol. The smallest absolute Gasteiger partial charge is 0.131 e. The number of methoxy groups -OCH3 is 2. The molecule has 0 N–H and O–H groups in total. The lowest BCUT2D eigenvalue weighted by molar-refractivity contribution is 0.397. The minimum Gasteiger partial charge on any atom is -0.496 e. The van der Waals surface area contributed by atoms with E-state index < -0.39 is 0 Å². The van der Waals surface area contributed by atoms with Gasteiger partial charge in [-0.15, -0.1) is 11.3 Å². The molecule has 0 saturated heterocycles. The van der Waals surface area contributed by atoms with Crippen molar-refractivity contribution in [2.75, 3.05) is 14.2 Å². The normalized spacial score (nSPS) is 10.8. The molecule has 4 rings (SSSR count). The summed E-state index contributed by atoms with van der Waals surface area (Å²) in [4.78, 5) is 4.74. The molecule has 0 unspecified atom stereocenters. The molecule has 0 aliphatic rings. The highest BCUT2D eigenvalue weighted by Crippen LogP contribution is 2.43. The van der Waals surface area contributed by atoms with Gasteiger partial charge in [0, 0.05) is 5.56 Å². The molecule has 4 heteroatoms. The molecule has 1 aromatic heterocycles. The van der Waals surface area contributed by atoms with E-state index in [0.29, 0.717) is 0 Å². The third-order valence-electron chi connectivity index (χ3n) is 4.11. The molecule has 4 aromatic rings. The van der Waals surface area contributed by atoms with Crippen LogP contribution in [0.5, 0.6) is 11.5 Å². The second-order valence-corrected chi connectivity index (χ2v) is 6.64. The van der Waals surface area contributed by atoms with Crippen LogP contribution in [0.3, 0.4) is 0 Å². The van der Waals surface area contributed by atoms with Crippen molar-refractivity contribution in [2.24, 2.45) is 0 Å². The van der Waals surface area contributed by atoms with E-state index in [1.807, 2.05) is 48.5 Å². The summed E-state index contributed by atoms with van der Waals surface area (Å²) in [6.45, 7) is 0. The maximum absolute atomic E-state index is 5.68. The number of para-hydroxylation sites is 1. The molecule has 0 radical (unpaired) electrons. The summed E-state index contributed by atoms with van der Waals surface area (Å²) in [5.41, 5.74) is 4.02. The van der Waals surface area contributed by atoms with Crippen molar-refractivity contribution in [1.29, 1.82) is 0 Å². The van der Waals surface area contributed by atoms with Crippen LogP contribution in [0, 0.1) is 0 Å². The van der Waals surface area contributed by atoms with Crippen LogP contribution in [0.15, 0.2) is 66.7 Å². The number of thiazole rings is 1. The molecule has 0 saturated carbocycles. The average molecular weight is 347 g/mol. The Bertz CT molecular complexity index is 966. The van der Waals surface area contributed by atoms with Crippen LogP contribution in [-0.4, -0.2) is 19.2 Å². The summed E-state index contributed by atoms with van der Waals surface area (Å²) in [6, 6.07) is 22.3. The molecule has 3 nitrogen and oxygen atoms in total. The first-order valence-corrected chi connectivity index (χ1v) is 8.79. The van der Waals surface area contributed by atoms with E-state index in [0.717, 1.165) is 38.7 Å². The minimum atomic E-state index is 0.778. The number of nitrogens with zero attached hydrogens (tertiary/aromatic N) is 1. The Morgan fingerprint density at radius 1 is 0.760 bits per heavy atom. The van der Waals surface area contributed by atoms with Crippen molar-refractivity contribution in [1.82, 2.24) is 4.98 Å². The van der Waals surface area contributed by atoms with E-state index in [2.05, 4.69) is 18.2 Å². The van der Waals surface area contributed by atoms with E-state index >= 15 is 0 Å². The van der Waals surface area contributed by atoms with Gasteiger partial charge < -0.3 is 9.47 Å². The van der Waals surface area contributed by atoms with Gasteiger partial charge in [-0.05, 0) is 29.8 Å². The summed E-state index contributed by atoms with van der Waals surface area (Å²) in [5, 5.41) is 0.956. The van der Waals surface area contributed by atoms with Gasteiger partial charge in [-0.25, -0.2) is 4.98 Å². The summed E-state index contributed by atoms with van der Waals surface area (Å²) in [5.74, 6) is 1.56. The quantitative estimate of drug-likeness (QED) is 0.478. The first kappa shape index (κ1) is 15.7. The van der Waals surface area contributed by atoms with Gasteiger partial charge in [-0.3, -0.25) is 0 Å². The lowest BCUT2D eigenvalue weighted by atomic mass is 10.0. The Hall–Kier alpha value is -2.85. The molecule has 0 atom stereocenters. The summed E-state index contributed by atoms with van der Waals surface area (Å²) in [6.07, 6.45) is 0. The molecule has 25 heavy (non-hydrogen) atoms. The Morgan fingerprint density at radius 3 is 2.04 bits per heavy atom. The molecule has 0 amide bonds. The second-order valence-electron chi connectivity index (χ2n) is 5.61. The highest BCUT2D eigenvalue weighted by molar-refractivity contribution is 7.21. The highest BCUT2D eigenvalue weighted by atomic mass is 32.1. The molecule has 0 aliphatic carbocycles. The first-order chi connectivity index (χ1) is 12.3. The maximum atomic E-state index is 5.68. The number of ether oxygens (including phenoxy) is 2. The monoisotopic (exact) mass is 347 g/mol. The largest absolute Gasteiger partial charge is 0.496 e. The van der Waals surface area contributed by atoms with Crippen LogP contribution in [0.1, 0.15) is 0 Å². The first-order valence-electron chi connectivity index (χ1n) is 7.97. The van der Waals surface area contributed by atoms with E-state index in [1.54, 1.807) is 25.6 Å². The Kier molecular flexibility index (Phi) is 4.12. The second kappa shape index (κ2) is 6.57. The molecule has 1 heterocycles. The standard InChI is InChI=1S/C21H17NO2S/c1-23-17-12-15(21-22-16-10-6-7-11-19(16)25-21)13-18(24-2)20(17)14-8-4-3-5-9-14/h3-13H,1-2H3.